The molecule has 9 nitrogen and oxygen atoms in total. The van der Waals surface area contributed by atoms with Crippen molar-refractivity contribution < 1.29 is 19.1 Å². The topological polar surface area (TPSA) is 113 Å². The number of amides is 1. The highest BCUT2D eigenvalue weighted by atomic mass is 16.5. The maximum atomic E-state index is 12.2. The van der Waals surface area contributed by atoms with Crippen molar-refractivity contribution in [1.29, 1.82) is 0 Å². The number of hydrogen-bond acceptors (Lipinski definition) is 7. The van der Waals surface area contributed by atoms with Gasteiger partial charge in [-0.2, -0.15) is 0 Å². The summed E-state index contributed by atoms with van der Waals surface area (Å²) in [5.41, 5.74) is 6.17. The van der Waals surface area contributed by atoms with E-state index in [9.17, 15) is 9.59 Å². The van der Waals surface area contributed by atoms with Gasteiger partial charge in [-0.05, 0) is 6.54 Å². The molecule has 0 bridgehead atoms. The number of aromatic nitrogens is 3. The largest absolute Gasteiger partial charge is 0.464 e. The quantitative estimate of drug-likeness (QED) is 0.653. The molecule has 0 atom stereocenters. The zero-order valence-corrected chi connectivity index (χ0v) is 11.9. The molecule has 1 fully saturated rings. The summed E-state index contributed by atoms with van der Waals surface area (Å²) in [6.07, 6.45) is 0.397. The molecular formula is C12H19N5O4. The molecule has 0 unspecified atom stereocenters. The van der Waals surface area contributed by atoms with Gasteiger partial charge in [-0.1, -0.05) is 5.21 Å². The molecular weight excluding hydrogens is 278 g/mol. The average molecular weight is 297 g/mol. The Bertz CT molecular complexity index is 510. The van der Waals surface area contributed by atoms with Gasteiger partial charge >= 0.3 is 5.97 Å². The van der Waals surface area contributed by atoms with E-state index in [4.69, 9.17) is 10.5 Å². The number of rotatable bonds is 5. The minimum Gasteiger partial charge on any atom is -0.464 e. The van der Waals surface area contributed by atoms with Gasteiger partial charge in [0.05, 0.1) is 26.0 Å². The van der Waals surface area contributed by atoms with Gasteiger partial charge < -0.3 is 20.1 Å². The highest BCUT2D eigenvalue weighted by Gasteiger charge is 2.23. The molecule has 116 valence electrons. The SMILES string of the molecule is COC(=O)c1nnn(CC(=O)N2CCOCC2)c1CCN. The fourth-order valence-electron chi connectivity index (χ4n) is 2.14. The van der Waals surface area contributed by atoms with Crippen molar-refractivity contribution in [1.82, 2.24) is 19.9 Å². The van der Waals surface area contributed by atoms with Gasteiger partial charge in [0, 0.05) is 19.5 Å². The molecule has 9 heteroatoms. The summed E-state index contributed by atoms with van der Waals surface area (Å²) in [5, 5.41) is 7.66. The first-order valence-electron chi connectivity index (χ1n) is 6.73. The summed E-state index contributed by atoms with van der Waals surface area (Å²) >= 11 is 0. The highest BCUT2D eigenvalue weighted by Crippen LogP contribution is 2.09. The van der Waals surface area contributed by atoms with Gasteiger partial charge in [-0.25, -0.2) is 9.48 Å². The smallest absolute Gasteiger partial charge is 0.360 e. The van der Waals surface area contributed by atoms with Crippen LogP contribution < -0.4 is 5.73 Å². The lowest BCUT2D eigenvalue weighted by Crippen LogP contribution is -2.42. The minimum atomic E-state index is -0.580. The Morgan fingerprint density at radius 1 is 1.38 bits per heavy atom. The van der Waals surface area contributed by atoms with Crippen LogP contribution in [0.4, 0.5) is 0 Å². The summed E-state index contributed by atoms with van der Waals surface area (Å²) in [6, 6.07) is 0. The van der Waals surface area contributed by atoms with Crippen molar-refractivity contribution in [2.24, 2.45) is 5.73 Å². The lowest BCUT2D eigenvalue weighted by molar-refractivity contribution is -0.136. The third-order valence-electron chi connectivity index (χ3n) is 3.25. The van der Waals surface area contributed by atoms with E-state index in [0.29, 0.717) is 45.0 Å². The van der Waals surface area contributed by atoms with Crippen LogP contribution in [0.15, 0.2) is 0 Å². The molecule has 2 rings (SSSR count). The molecule has 0 saturated carbocycles. The number of carbonyl (C=O) groups is 2. The Morgan fingerprint density at radius 3 is 2.71 bits per heavy atom. The monoisotopic (exact) mass is 297 g/mol. The number of morpholine rings is 1. The van der Waals surface area contributed by atoms with Crippen molar-refractivity contribution >= 4 is 11.9 Å². The van der Waals surface area contributed by atoms with Crippen LogP contribution in [0, 0.1) is 0 Å². The number of methoxy groups -OCH3 is 1. The van der Waals surface area contributed by atoms with Gasteiger partial charge in [0.25, 0.3) is 0 Å². The van der Waals surface area contributed by atoms with Crippen LogP contribution >= 0.6 is 0 Å². The molecule has 1 saturated heterocycles. The van der Waals surface area contributed by atoms with Crippen molar-refractivity contribution in [2.75, 3.05) is 40.0 Å². The van der Waals surface area contributed by atoms with Crippen LogP contribution in [0.25, 0.3) is 0 Å². The molecule has 0 aromatic carbocycles. The predicted molar refractivity (Wildman–Crippen MR) is 71.5 cm³/mol. The van der Waals surface area contributed by atoms with Crippen LogP contribution in [0.3, 0.4) is 0 Å². The number of esters is 1. The van der Waals surface area contributed by atoms with E-state index in [1.165, 1.54) is 11.8 Å². The van der Waals surface area contributed by atoms with Gasteiger partial charge in [-0.15, -0.1) is 5.10 Å². The predicted octanol–water partition coefficient (Wildman–Crippen LogP) is -1.58. The molecule has 2 heterocycles. The van der Waals surface area contributed by atoms with E-state index in [-0.39, 0.29) is 18.1 Å². The molecule has 1 amide bonds. The van der Waals surface area contributed by atoms with Crippen LogP contribution in [-0.4, -0.2) is 71.7 Å². The van der Waals surface area contributed by atoms with E-state index >= 15 is 0 Å². The zero-order chi connectivity index (χ0) is 15.2. The zero-order valence-electron chi connectivity index (χ0n) is 11.9. The number of ether oxygens (including phenoxy) is 2. The minimum absolute atomic E-state index is 0.0271. The Morgan fingerprint density at radius 2 is 2.10 bits per heavy atom. The van der Waals surface area contributed by atoms with Crippen LogP contribution in [0.5, 0.6) is 0 Å². The first-order valence-corrected chi connectivity index (χ1v) is 6.73. The number of hydrogen-bond donors (Lipinski definition) is 1. The summed E-state index contributed by atoms with van der Waals surface area (Å²) in [7, 11) is 1.27. The maximum Gasteiger partial charge on any atom is 0.360 e. The van der Waals surface area contributed by atoms with Crippen molar-refractivity contribution in [3.63, 3.8) is 0 Å². The Hall–Kier alpha value is -2.00. The number of nitrogens with two attached hydrogens (primary N) is 1. The Kier molecular flexibility index (Phi) is 5.23. The molecule has 1 aromatic rings. The van der Waals surface area contributed by atoms with Crippen molar-refractivity contribution in [2.45, 2.75) is 13.0 Å². The van der Waals surface area contributed by atoms with E-state index < -0.39 is 5.97 Å². The first kappa shape index (κ1) is 15.4. The lowest BCUT2D eigenvalue weighted by atomic mass is 10.2. The lowest BCUT2D eigenvalue weighted by Gasteiger charge is -2.26. The fourth-order valence-corrected chi connectivity index (χ4v) is 2.14. The van der Waals surface area contributed by atoms with Gasteiger partial charge in [0.1, 0.15) is 6.54 Å². The Labute approximate surface area is 122 Å². The maximum absolute atomic E-state index is 12.2. The second-order valence-corrected chi connectivity index (χ2v) is 4.57. The third kappa shape index (κ3) is 3.56. The molecule has 0 radical (unpaired) electrons. The van der Waals surface area contributed by atoms with Crippen LogP contribution in [-0.2, 0) is 27.2 Å². The summed E-state index contributed by atoms with van der Waals surface area (Å²) < 4.78 is 11.3. The average Bonchev–Trinajstić information content (AvgIpc) is 2.90. The molecule has 1 aliphatic heterocycles. The second kappa shape index (κ2) is 7.14. The van der Waals surface area contributed by atoms with Gasteiger partial charge in [0.2, 0.25) is 5.91 Å². The Balaban J connectivity index is 2.13. The van der Waals surface area contributed by atoms with Gasteiger partial charge in [-0.3, -0.25) is 4.79 Å². The highest BCUT2D eigenvalue weighted by molar-refractivity contribution is 5.88. The van der Waals surface area contributed by atoms with Crippen molar-refractivity contribution in [3.8, 4) is 0 Å². The van der Waals surface area contributed by atoms with Gasteiger partial charge in [0.15, 0.2) is 5.69 Å². The second-order valence-electron chi connectivity index (χ2n) is 4.57. The normalized spacial score (nSPS) is 15.0. The van der Waals surface area contributed by atoms with E-state index in [1.807, 2.05) is 0 Å². The van der Waals surface area contributed by atoms with Crippen LogP contribution in [0.1, 0.15) is 16.2 Å². The summed E-state index contributed by atoms with van der Waals surface area (Å²) in [6.45, 7) is 2.54. The summed E-state index contributed by atoms with van der Waals surface area (Å²) in [4.78, 5) is 25.5. The molecule has 1 aliphatic rings. The van der Waals surface area contributed by atoms with E-state index in [2.05, 4.69) is 15.0 Å². The van der Waals surface area contributed by atoms with Crippen molar-refractivity contribution in [3.05, 3.63) is 11.4 Å². The molecule has 21 heavy (non-hydrogen) atoms. The first-order chi connectivity index (χ1) is 10.2. The molecule has 0 aliphatic carbocycles. The number of carbonyl (C=O) groups excluding carboxylic acids is 2. The van der Waals surface area contributed by atoms with E-state index in [1.54, 1.807) is 4.90 Å². The van der Waals surface area contributed by atoms with Crippen LogP contribution in [0.2, 0.25) is 0 Å². The molecule has 2 N–H and O–H groups in total. The third-order valence-corrected chi connectivity index (χ3v) is 3.25. The standard InChI is InChI=1S/C12H19N5O4/c1-20-12(19)11-9(2-3-13)17(15-14-11)8-10(18)16-4-6-21-7-5-16/h2-8,13H2,1H3. The number of nitrogens with zero attached hydrogens (tertiary/aromatic N) is 4. The molecule has 0 spiro atoms. The molecule has 1 aromatic heterocycles. The fraction of sp³-hybridized carbons (Fsp3) is 0.667. The van der Waals surface area contributed by atoms with E-state index in [0.717, 1.165) is 0 Å². The summed E-state index contributed by atoms with van der Waals surface area (Å²) in [5.74, 6) is -0.665.